The van der Waals surface area contributed by atoms with Gasteiger partial charge in [-0.3, -0.25) is 4.79 Å². The normalized spacial score (nSPS) is 13.2. The average molecular weight is 456 g/mol. The third-order valence-corrected chi connectivity index (χ3v) is 5.46. The van der Waals surface area contributed by atoms with Gasteiger partial charge >= 0.3 is 0 Å². The Morgan fingerprint density at radius 1 is 0.727 bits per heavy atom. The van der Waals surface area contributed by atoms with Crippen molar-refractivity contribution in [2.45, 2.75) is 103 Å². The van der Waals surface area contributed by atoms with Crippen molar-refractivity contribution < 1.29 is 9.90 Å². The van der Waals surface area contributed by atoms with E-state index in [2.05, 4.69) is 31.3 Å². The summed E-state index contributed by atoms with van der Waals surface area (Å²) in [6.07, 6.45) is 36.0. The Morgan fingerprint density at radius 3 is 1.79 bits per heavy atom. The molecule has 0 saturated carbocycles. The van der Waals surface area contributed by atoms with Crippen LogP contribution in [0.15, 0.2) is 72.9 Å². The van der Waals surface area contributed by atoms with Crippen molar-refractivity contribution in [3.8, 4) is 0 Å². The lowest BCUT2D eigenvalue weighted by molar-refractivity contribution is -0.118. The number of rotatable bonds is 20. The van der Waals surface area contributed by atoms with Crippen LogP contribution in [0.1, 0.15) is 97.8 Å². The highest BCUT2D eigenvalue weighted by Crippen LogP contribution is 2.22. The molecule has 0 aromatic carbocycles. The van der Waals surface area contributed by atoms with Crippen LogP contribution in [0.5, 0.6) is 0 Å². The zero-order valence-electron chi connectivity index (χ0n) is 21.5. The van der Waals surface area contributed by atoms with E-state index in [4.69, 9.17) is 0 Å². The van der Waals surface area contributed by atoms with Crippen LogP contribution < -0.4 is 5.32 Å². The molecule has 0 radical (unpaired) electrons. The third kappa shape index (κ3) is 21.5. The number of nitrogens with one attached hydrogen (secondary N) is 1. The first-order valence-electron chi connectivity index (χ1n) is 13.0. The molecule has 0 aliphatic carbocycles. The zero-order chi connectivity index (χ0) is 24.5. The quantitative estimate of drug-likeness (QED) is 0.111. The maximum Gasteiger partial charge on any atom is 0.244 e. The summed E-state index contributed by atoms with van der Waals surface area (Å²) in [5.41, 5.74) is -0.788. The molecule has 33 heavy (non-hydrogen) atoms. The Bertz CT molecular complexity index is 626. The first-order valence-corrected chi connectivity index (χ1v) is 13.0. The predicted molar refractivity (Wildman–Crippen MR) is 145 cm³/mol. The Morgan fingerprint density at radius 2 is 1.24 bits per heavy atom. The monoisotopic (exact) mass is 455 g/mol. The summed E-state index contributed by atoms with van der Waals surface area (Å²) in [5, 5.41) is 14.0. The highest BCUT2D eigenvalue weighted by Gasteiger charge is 2.26. The van der Waals surface area contributed by atoms with Gasteiger partial charge in [-0.05, 0) is 32.6 Å². The van der Waals surface area contributed by atoms with Crippen LogP contribution in [-0.2, 0) is 4.79 Å². The van der Waals surface area contributed by atoms with Crippen LogP contribution in [0.4, 0.5) is 0 Å². The number of unbranched alkanes of at least 4 members (excludes halogenated alkanes) is 7. The van der Waals surface area contributed by atoms with Crippen molar-refractivity contribution in [1.82, 2.24) is 5.32 Å². The van der Waals surface area contributed by atoms with Gasteiger partial charge in [0.15, 0.2) is 0 Å². The van der Waals surface area contributed by atoms with E-state index in [1.165, 1.54) is 25.7 Å². The van der Waals surface area contributed by atoms with Crippen molar-refractivity contribution in [1.29, 1.82) is 0 Å². The minimum Gasteiger partial charge on any atom is -0.388 e. The molecule has 0 aliphatic rings. The summed E-state index contributed by atoms with van der Waals surface area (Å²) in [6.45, 7) is 6.72. The number of carbonyl (C=O) groups is 1. The lowest BCUT2D eigenvalue weighted by Gasteiger charge is -2.28. The lowest BCUT2D eigenvalue weighted by Crippen LogP contribution is -2.42. The molecule has 0 fully saturated rings. The Kier molecular flexibility index (Phi) is 21.6. The second-order valence-corrected chi connectivity index (χ2v) is 8.65. The second kappa shape index (κ2) is 23.0. The SMILES string of the molecule is CC=CC=CC=CC=CCCC=CC=CC(=O)NCC(O)(CCCCCC)CCCCCC. The molecular weight excluding hydrogens is 406 g/mol. The van der Waals surface area contributed by atoms with Gasteiger partial charge in [0.1, 0.15) is 0 Å². The standard InChI is InChI=1S/C30H49NO2/c1-4-7-10-13-14-15-16-17-18-19-20-21-22-25-29(32)31-28-30(33,26-23-11-8-5-2)27-24-12-9-6-3/h4,7,10,13-17,20-22,25,33H,5-6,8-9,11-12,18-19,23-24,26-28H2,1-3H3,(H,31,32). The highest BCUT2D eigenvalue weighted by atomic mass is 16.3. The smallest absolute Gasteiger partial charge is 0.244 e. The fourth-order valence-corrected chi connectivity index (χ4v) is 3.43. The second-order valence-electron chi connectivity index (χ2n) is 8.65. The van der Waals surface area contributed by atoms with Crippen LogP contribution in [0, 0.1) is 0 Å². The van der Waals surface area contributed by atoms with Crippen LogP contribution >= 0.6 is 0 Å². The summed E-state index contributed by atoms with van der Waals surface area (Å²) in [7, 11) is 0. The van der Waals surface area contributed by atoms with E-state index in [1.54, 1.807) is 12.2 Å². The molecule has 0 aliphatic heterocycles. The van der Waals surface area contributed by atoms with Crippen LogP contribution in [-0.4, -0.2) is 23.2 Å². The van der Waals surface area contributed by atoms with Gasteiger partial charge in [0, 0.05) is 12.6 Å². The number of carbonyl (C=O) groups excluding carboxylic acids is 1. The van der Waals surface area contributed by atoms with E-state index in [0.29, 0.717) is 6.54 Å². The summed E-state index contributed by atoms with van der Waals surface area (Å²) in [4.78, 5) is 12.2. The average Bonchev–Trinajstić information content (AvgIpc) is 2.81. The van der Waals surface area contributed by atoms with Gasteiger partial charge in [-0.15, -0.1) is 0 Å². The first kappa shape index (κ1) is 30.9. The molecule has 0 bridgehead atoms. The van der Waals surface area contributed by atoms with Crippen molar-refractivity contribution >= 4 is 5.91 Å². The molecule has 3 nitrogen and oxygen atoms in total. The maximum absolute atomic E-state index is 12.2. The highest BCUT2D eigenvalue weighted by molar-refractivity contribution is 5.87. The molecule has 2 N–H and O–H groups in total. The topological polar surface area (TPSA) is 49.3 Å². The van der Waals surface area contributed by atoms with E-state index in [1.807, 2.05) is 55.5 Å². The predicted octanol–water partition coefficient (Wildman–Crippen LogP) is 7.91. The van der Waals surface area contributed by atoms with Crippen molar-refractivity contribution in [2.24, 2.45) is 0 Å². The zero-order valence-corrected chi connectivity index (χ0v) is 21.5. The van der Waals surface area contributed by atoms with E-state index < -0.39 is 5.60 Å². The summed E-state index contributed by atoms with van der Waals surface area (Å²) in [5.74, 6) is -0.142. The molecular formula is C30H49NO2. The summed E-state index contributed by atoms with van der Waals surface area (Å²) in [6, 6.07) is 0. The van der Waals surface area contributed by atoms with E-state index in [0.717, 1.165) is 51.4 Å². The molecule has 0 unspecified atom stereocenters. The number of amides is 1. The molecule has 0 saturated heterocycles. The minimum absolute atomic E-state index is 0.142. The van der Waals surface area contributed by atoms with Crippen molar-refractivity contribution in [2.75, 3.05) is 6.54 Å². The van der Waals surface area contributed by atoms with Crippen LogP contribution in [0.2, 0.25) is 0 Å². The largest absolute Gasteiger partial charge is 0.388 e. The Hall–Kier alpha value is -2.13. The molecule has 0 rings (SSSR count). The summed E-state index contributed by atoms with van der Waals surface area (Å²) >= 11 is 0. The maximum atomic E-state index is 12.2. The first-order chi connectivity index (χ1) is 16.1. The van der Waals surface area contributed by atoms with Gasteiger partial charge in [-0.25, -0.2) is 0 Å². The number of hydrogen-bond donors (Lipinski definition) is 2. The molecule has 0 atom stereocenters. The number of aliphatic hydroxyl groups is 1. The van der Waals surface area contributed by atoms with Crippen molar-refractivity contribution in [3.05, 3.63) is 72.9 Å². The summed E-state index contributed by atoms with van der Waals surface area (Å²) < 4.78 is 0. The number of hydrogen-bond acceptors (Lipinski definition) is 2. The molecule has 0 aromatic heterocycles. The molecule has 0 spiro atoms. The van der Waals surface area contributed by atoms with Crippen molar-refractivity contribution in [3.63, 3.8) is 0 Å². The Labute approximate surface area is 204 Å². The molecule has 0 aromatic rings. The van der Waals surface area contributed by atoms with Gasteiger partial charge in [-0.2, -0.15) is 0 Å². The van der Waals surface area contributed by atoms with Crippen LogP contribution in [0.3, 0.4) is 0 Å². The van der Waals surface area contributed by atoms with Gasteiger partial charge in [0.25, 0.3) is 0 Å². The van der Waals surface area contributed by atoms with Crippen LogP contribution in [0.25, 0.3) is 0 Å². The lowest BCUT2D eigenvalue weighted by atomic mass is 9.89. The van der Waals surface area contributed by atoms with Gasteiger partial charge in [0.2, 0.25) is 5.91 Å². The molecule has 1 amide bonds. The van der Waals surface area contributed by atoms with Gasteiger partial charge in [0.05, 0.1) is 5.60 Å². The fourth-order valence-electron chi connectivity index (χ4n) is 3.43. The Balaban J connectivity index is 4.27. The molecule has 3 heteroatoms. The minimum atomic E-state index is -0.788. The number of allylic oxidation sites excluding steroid dienone is 11. The fraction of sp³-hybridized carbons (Fsp3) is 0.567. The van der Waals surface area contributed by atoms with E-state index in [9.17, 15) is 9.90 Å². The van der Waals surface area contributed by atoms with E-state index in [-0.39, 0.29) is 5.91 Å². The van der Waals surface area contributed by atoms with Gasteiger partial charge in [-0.1, -0.05) is 132 Å². The van der Waals surface area contributed by atoms with E-state index >= 15 is 0 Å². The molecule has 0 heterocycles. The van der Waals surface area contributed by atoms with Gasteiger partial charge < -0.3 is 10.4 Å². The molecule has 186 valence electrons. The third-order valence-electron chi connectivity index (χ3n) is 5.46.